The molecule has 0 radical (unpaired) electrons. The van der Waals surface area contributed by atoms with Crippen molar-refractivity contribution >= 4 is 12.4 Å². The van der Waals surface area contributed by atoms with Gasteiger partial charge in [-0.3, -0.25) is 4.99 Å². The Bertz CT molecular complexity index is 249. The Morgan fingerprint density at radius 3 is 2.54 bits per heavy atom. The summed E-state index contributed by atoms with van der Waals surface area (Å²) in [5, 5.41) is 10.3. The summed E-state index contributed by atoms with van der Waals surface area (Å²) >= 11 is 0. The van der Waals surface area contributed by atoms with E-state index in [1.54, 1.807) is 13.3 Å². The summed E-state index contributed by atoms with van der Waals surface area (Å²) in [6, 6.07) is 0. The first-order valence-electron chi connectivity index (χ1n) is 4.24. The van der Waals surface area contributed by atoms with Crippen LogP contribution in [0, 0.1) is 5.41 Å². The summed E-state index contributed by atoms with van der Waals surface area (Å²) in [4.78, 5) is 3.92. The molecular formula is C10H17N3. The highest BCUT2D eigenvalue weighted by molar-refractivity contribution is 5.93. The van der Waals surface area contributed by atoms with Gasteiger partial charge in [-0.05, 0) is 19.4 Å². The fourth-order valence-corrected chi connectivity index (χ4v) is 0.953. The predicted molar refractivity (Wildman–Crippen MR) is 58.7 cm³/mol. The first kappa shape index (κ1) is 11.6. The molecule has 0 aromatic carbocycles. The van der Waals surface area contributed by atoms with Crippen LogP contribution in [-0.4, -0.2) is 26.0 Å². The molecule has 2 N–H and O–H groups in total. The molecule has 0 aliphatic rings. The minimum atomic E-state index is 0.764. The Balaban J connectivity index is 4.99. The molecule has 0 unspecified atom stereocenters. The quantitative estimate of drug-likeness (QED) is 0.490. The van der Waals surface area contributed by atoms with Crippen LogP contribution in [0.5, 0.6) is 0 Å². The number of allylic oxidation sites excluding steroid dienone is 3. The van der Waals surface area contributed by atoms with Crippen LogP contribution >= 0.6 is 0 Å². The first-order valence-corrected chi connectivity index (χ1v) is 4.24. The maximum Gasteiger partial charge on any atom is 0.0610 e. The lowest BCUT2D eigenvalue weighted by Crippen LogP contribution is -2.16. The number of hydrogen-bond donors (Lipinski definition) is 2. The molecule has 0 atom stereocenters. The Hall–Kier alpha value is -1.38. The highest BCUT2D eigenvalue weighted by Crippen LogP contribution is 2.07. The second kappa shape index (κ2) is 6.17. The molecule has 0 fully saturated rings. The average molecular weight is 179 g/mol. The normalized spacial score (nSPS) is 12.5. The van der Waals surface area contributed by atoms with E-state index in [-0.39, 0.29) is 0 Å². The van der Waals surface area contributed by atoms with E-state index < -0.39 is 0 Å². The van der Waals surface area contributed by atoms with Gasteiger partial charge >= 0.3 is 0 Å². The highest BCUT2D eigenvalue weighted by Gasteiger charge is 2.01. The summed E-state index contributed by atoms with van der Waals surface area (Å²) in [5.41, 5.74) is 2.56. The summed E-state index contributed by atoms with van der Waals surface area (Å²) in [5.74, 6) is 0. The van der Waals surface area contributed by atoms with Crippen molar-refractivity contribution in [2.24, 2.45) is 4.99 Å². The molecule has 0 spiro atoms. The van der Waals surface area contributed by atoms with Crippen molar-refractivity contribution in [2.45, 2.75) is 13.8 Å². The molecule has 72 valence electrons. The van der Waals surface area contributed by atoms with E-state index >= 15 is 0 Å². The number of aliphatic imine (C=N–C) groups is 1. The van der Waals surface area contributed by atoms with Gasteiger partial charge in [-0.15, -0.1) is 0 Å². The van der Waals surface area contributed by atoms with Crippen LogP contribution in [-0.2, 0) is 0 Å². The third-order valence-corrected chi connectivity index (χ3v) is 1.52. The maximum absolute atomic E-state index is 7.22. The topological polar surface area (TPSA) is 48.2 Å². The second-order valence-corrected chi connectivity index (χ2v) is 2.67. The van der Waals surface area contributed by atoms with E-state index in [2.05, 4.69) is 16.9 Å². The standard InChI is InChI=1S/C10H17N3/c1-5-13-10(6-11)9(7-12-4)8(2)3/h6-7,11,13H,2,5H2,1,3-4H3/b10-9-,11-6?,12-7-. The van der Waals surface area contributed by atoms with Crippen LogP contribution in [0.15, 0.2) is 28.4 Å². The van der Waals surface area contributed by atoms with Gasteiger partial charge in [0.1, 0.15) is 0 Å². The van der Waals surface area contributed by atoms with E-state index in [1.807, 2.05) is 13.8 Å². The molecule has 13 heavy (non-hydrogen) atoms. The molecule has 0 aromatic heterocycles. The Kier molecular flexibility index (Phi) is 5.52. The lowest BCUT2D eigenvalue weighted by atomic mass is 10.1. The third kappa shape index (κ3) is 3.69. The summed E-state index contributed by atoms with van der Waals surface area (Å²) in [6.07, 6.45) is 3.00. The van der Waals surface area contributed by atoms with Gasteiger partial charge in [0.25, 0.3) is 0 Å². The number of rotatable bonds is 5. The zero-order valence-corrected chi connectivity index (χ0v) is 8.52. The van der Waals surface area contributed by atoms with Crippen LogP contribution in [0.1, 0.15) is 13.8 Å². The van der Waals surface area contributed by atoms with Crippen molar-refractivity contribution in [3.8, 4) is 0 Å². The van der Waals surface area contributed by atoms with Crippen molar-refractivity contribution in [3.05, 3.63) is 23.4 Å². The summed E-state index contributed by atoms with van der Waals surface area (Å²) < 4.78 is 0. The maximum atomic E-state index is 7.22. The molecule has 0 aromatic rings. The largest absolute Gasteiger partial charge is 0.384 e. The van der Waals surface area contributed by atoms with Crippen molar-refractivity contribution in [3.63, 3.8) is 0 Å². The van der Waals surface area contributed by atoms with Crippen LogP contribution in [0.4, 0.5) is 0 Å². The monoisotopic (exact) mass is 179 g/mol. The van der Waals surface area contributed by atoms with Gasteiger partial charge in [-0.2, -0.15) is 0 Å². The fraction of sp³-hybridized carbons (Fsp3) is 0.400. The molecule has 0 saturated heterocycles. The molecule has 0 rings (SSSR count). The lowest BCUT2D eigenvalue weighted by molar-refractivity contribution is 0.888. The first-order chi connectivity index (χ1) is 6.17. The van der Waals surface area contributed by atoms with Crippen molar-refractivity contribution in [1.29, 1.82) is 5.41 Å². The summed E-state index contributed by atoms with van der Waals surface area (Å²) in [7, 11) is 1.70. The van der Waals surface area contributed by atoms with E-state index in [0.717, 1.165) is 23.4 Å². The fourth-order valence-electron chi connectivity index (χ4n) is 0.953. The van der Waals surface area contributed by atoms with Gasteiger partial charge in [0, 0.05) is 31.6 Å². The molecule has 3 nitrogen and oxygen atoms in total. The highest BCUT2D eigenvalue weighted by atomic mass is 14.9. The predicted octanol–water partition coefficient (Wildman–Crippen LogP) is 1.78. The molecule has 0 heterocycles. The lowest BCUT2D eigenvalue weighted by Gasteiger charge is -2.08. The van der Waals surface area contributed by atoms with Crippen LogP contribution in [0.25, 0.3) is 0 Å². The number of nitrogens with one attached hydrogen (secondary N) is 2. The van der Waals surface area contributed by atoms with Gasteiger partial charge in [-0.25, -0.2) is 0 Å². The zero-order valence-electron chi connectivity index (χ0n) is 8.52. The zero-order chi connectivity index (χ0) is 10.3. The van der Waals surface area contributed by atoms with Crippen molar-refractivity contribution < 1.29 is 0 Å². The molecule has 0 saturated carbocycles. The van der Waals surface area contributed by atoms with Gasteiger partial charge in [-0.1, -0.05) is 6.58 Å². The van der Waals surface area contributed by atoms with Gasteiger partial charge in [0.2, 0.25) is 0 Å². The number of nitrogens with zero attached hydrogens (tertiary/aromatic N) is 1. The molecular weight excluding hydrogens is 162 g/mol. The van der Waals surface area contributed by atoms with Gasteiger partial charge in [0.15, 0.2) is 0 Å². The van der Waals surface area contributed by atoms with E-state index in [0.29, 0.717) is 0 Å². The second-order valence-electron chi connectivity index (χ2n) is 2.67. The molecule has 0 aliphatic carbocycles. The SMILES string of the molecule is C=C(C)C(/C=N\C)=C(/C=N)NCC. The third-order valence-electron chi connectivity index (χ3n) is 1.52. The number of hydrogen-bond acceptors (Lipinski definition) is 3. The minimum Gasteiger partial charge on any atom is -0.384 e. The van der Waals surface area contributed by atoms with Crippen molar-refractivity contribution in [2.75, 3.05) is 13.6 Å². The van der Waals surface area contributed by atoms with Crippen molar-refractivity contribution in [1.82, 2.24) is 5.32 Å². The van der Waals surface area contributed by atoms with Crippen LogP contribution < -0.4 is 5.32 Å². The summed E-state index contributed by atoms with van der Waals surface area (Å²) in [6.45, 7) is 8.51. The molecule has 0 bridgehead atoms. The molecule has 0 aliphatic heterocycles. The molecule has 3 heteroatoms. The van der Waals surface area contributed by atoms with Gasteiger partial charge < -0.3 is 10.7 Å². The Morgan fingerprint density at radius 1 is 1.62 bits per heavy atom. The Morgan fingerprint density at radius 2 is 2.23 bits per heavy atom. The average Bonchev–Trinajstić information content (AvgIpc) is 2.10. The van der Waals surface area contributed by atoms with E-state index in [9.17, 15) is 0 Å². The van der Waals surface area contributed by atoms with E-state index in [1.165, 1.54) is 6.21 Å². The molecule has 0 amide bonds. The van der Waals surface area contributed by atoms with Crippen LogP contribution in [0.2, 0.25) is 0 Å². The minimum absolute atomic E-state index is 0.764. The van der Waals surface area contributed by atoms with E-state index in [4.69, 9.17) is 5.41 Å². The van der Waals surface area contributed by atoms with Crippen LogP contribution in [0.3, 0.4) is 0 Å². The van der Waals surface area contributed by atoms with Gasteiger partial charge in [0.05, 0.1) is 5.70 Å². The smallest absolute Gasteiger partial charge is 0.0610 e. The Labute approximate surface area is 79.8 Å².